The summed E-state index contributed by atoms with van der Waals surface area (Å²) in [5.74, 6) is 0.279. The Morgan fingerprint density at radius 2 is 1.95 bits per heavy atom. The van der Waals surface area contributed by atoms with E-state index in [1.54, 1.807) is 43.3 Å². The molecule has 0 unspecified atom stereocenters. The highest BCUT2D eigenvalue weighted by Gasteiger charge is 2.16. The number of nitro benzene ring substituents is 1. The van der Waals surface area contributed by atoms with Crippen molar-refractivity contribution in [1.29, 1.82) is 5.26 Å². The molecule has 0 saturated heterocycles. The van der Waals surface area contributed by atoms with E-state index in [1.165, 1.54) is 6.07 Å². The Balaban J connectivity index is 2.18. The largest absolute Gasteiger partial charge is 0.482 e. The first kappa shape index (κ1) is 13.6. The molecule has 5 nitrogen and oxygen atoms in total. The Morgan fingerprint density at radius 3 is 2.55 bits per heavy atom. The molecule has 0 saturated carbocycles. The topological polar surface area (TPSA) is 76.2 Å². The lowest BCUT2D eigenvalue weighted by Gasteiger charge is -2.09. The average Bonchev–Trinajstić information content (AvgIpc) is 2.46. The summed E-state index contributed by atoms with van der Waals surface area (Å²) in [5.41, 5.74) is 2.09. The summed E-state index contributed by atoms with van der Waals surface area (Å²) < 4.78 is 5.56. The van der Waals surface area contributed by atoms with E-state index in [1.807, 2.05) is 6.07 Å². The van der Waals surface area contributed by atoms with Gasteiger partial charge in [0.15, 0.2) is 5.75 Å². The Hall–Kier alpha value is -2.87. The maximum Gasteiger partial charge on any atom is 0.311 e. The highest BCUT2D eigenvalue weighted by molar-refractivity contribution is 5.51. The standard InChI is InChI=1S/C15H12N2O3/c1-11-3-2-4-14(17(18)19)15(11)20-10-13-7-5-12(9-16)6-8-13/h2-8H,10H2,1H3. The normalized spacial score (nSPS) is 9.80. The van der Waals surface area contributed by atoms with E-state index in [-0.39, 0.29) is 18.0 Å². The molecule has 2 aromatic rings. The molecule has 20 heavy (non-hydrogen) atoms. The number of aryl methyl sites for hydroxylation is 1. The van der Waals surface area contributed by atoms with Crippen molar-refractivity contribution in [2.24, 2.45) is 0 Å². The van der Waals surface area contributed by atoms with E-state index < -0.39 is 4.92 Å². The van der Waals surface area contributed by atoms with Crippen molar-refractivity contribution < 1.29 is 9.66 Å². The summed E-state index contributed by atoms with van der Waals surface area (Å²) in [7, 11) is 0. The first-order valence-electron chi connectivity index (χ1n) is 5.97. The van der Waals surface area contributed by atoms with E-state index in [9.17, 15) is 10.1 Å². The van der Waals surface area contributed by atoms with Gasteiger partial charge < -0.3 is 4.74 Å². The molecule has 0 atom stereocenters. The lowest BCUT2D eigenvalue weighted by molar-refractivity contribution is -0.386. The zero-order valence-electron chi connectivity index (χ0n) is 10.9. The number of rotatable bonds is 4. The minimum atomic E-state index is -0.457. The smallest absolute Gasteiger partial charge is 0.311 e. The van der Waals surface area contributed by atoms with Gasteiger partial charge in [-0.2, -0.15) is 5.26 Å². The van der Waals surface area contributed by atoms with Gasteiger partial charge in [0, 0.05) is 6.07 Å². The van der Waals surface area contributed by atoms with Gasteiger partial charge in [0.05, 0.1) is 16.6 Å². The SMILES string of the molecule is Cc1cccc([N+](=O)[O-])c1OCc1ccc(C#N)cc1. The predicted molar refractivity (Wildman–Crippen MR) is 73.3 cm³/mol. The van der Waals surface area contributed by atoms with Crippen molar-refractivity contribution in [1.82, 2.24) is 0 Å². The monoisotopic (exact) mass is 268 g/mol. The maximum absolute atomic E-state index is 11.0. The van der Waals surface area contributed by atoms with Crippen LogP contribution in [0.1, 0.15) is 16.7 Å². The third-order valence-corrected chi connectivity index (χ3v) is 2.85. The molecule has 0 aromatic heterocycles. The molecule has 0 amide bonds. The van der Waals surface area contributed by atoms with Gasteiger partial charge >= 0.3 is 5.69 Å². The van der Waals surface area contributed by atoms with Crippen LogP contribution in [0.2, 0.25) is 0 Å². The number of benzene rings is 2. The molecule has 2 aromatic carbocycles. The van der Waals surface area contributed by atoms with E-state index in [0.717, 1.165) is 5.56 Å². The molecule has 0 heterocycles. The van der Waals surface area contributed by atoms with Crippen LogP contribution in [0.4, 0.5) is 5.69 Å². The second-order valence-corrected chi connectivity index (χ2v) is 4.28. The molecule has 2 rings (SSSR count). The van der Waals surface area contributed by atoms with E-state index in [4.69, 9.17) is 10.00 Å². The molecule has 0 aliphatic carbocycles. The first-order valence-corrected chi connectivity index (χ1v) is 5.97. The first-order chi connectivity index (χ1) is 9.61. The summed E-state index contributed by atoms with van der Waals surface area (Å²) in [6.07, 6.45) is 0. The molecule has 0 spiro atoms. The van der Waals surface area contributed by atoms with Gasteiger partial charge in [0.1, 0.15) is 6.61 Å². The molecule has 0 radical (unpaired) electrons. The third-order valence-electron chi connectivity index (χ3n) is 2.85. The number of ether oxygens (including phenoxy) is 1. The molecule has 0 fully saturated rings. The lowest BCUT2D eigenvalue weighted by atomic mass is 10.1. The quantitative estimate of drug-likeness (QED) is 0.629. The Morgan fingerprint density at radius 1 is 1.25 bits per heavy atom. The van der Waals surface area contributed by atoms with Crippen LogP contribution in [-0.2, 0) is 6.61 Å². The summed E-state index contributed by atoms with van der Waals surface area (Å²) in [4.78, 5) is 10.5. The van der Waals surface area contributed by atoms with Crippen molar-refractivity contribution in [2.75, 3.05) is 0 Å². The fraction of sp³-hybridized carbons (Fsp3) is 0.133. The molecular weight excluding hydrogens is 256 g/mol. The van der Waals surface area contributed by atoms with E-state index >= 15 is 0 Å². The summed E-state index contributed by atoms with van der Waals surface area (Å²) in [6.45, 7) is 1.98. The Bertz CT molecular complexity index is 673. The van der Waals surface area contributed by atoms with Crippen molar-refractivity contribution in [3.63, 3.8) is 0 Å². The molecule has 0 aliphatic rings. The van der Waals surface area contributed by atoms with Crippen molar-refractivity contribution in [3.05, 3.63) is 69.3 Å². The van der Waals surface area contributed by atoms with Crippen LogP contribution >= 0.6 is 0 Å². The van der Waals surface area contributed by atoms with Crippen molar-refractivity contribution in [3.8, 4) is 11.8 Å². The van der Waals surface area contributed by atoms with Crippen LogP contribution in [-0.4, -0.2) is 4.92 Å². The summed E-state index contributed by atoms with van der Waals surface area (Å²) >= 11 is 0. The van der Waals surface area contributed by atoms with Crippen molar-refractivity contribution in [2.45, 2.75) is 13.5 Å². The number of nitriles is 1. The highest BCUT2D eigenvalue weighted by atomic mass is 16.6. The second-order valence-electron chi connectivity index (χ2n) is 4.28. The second kappa shape index (κ2) is 5.85. The van der Waals surface area contributed by atoms with Crippen LogP contribution in [0.3, 0.4) is 0 Å². The Kier molecular flexibility index (Phi) is 3.96. The number of nitrogens with zero attached hydrogens (tertiary/aromatic N) is 2. The van der Waals surface area contributed by atoms with Crippen LogP contribution in [0, 0.1) is 28.4 Å². The van der Waals surface area contributed by atoms with Crippen LogP contribution in [0.15, 0.2) is 42.5 Å². The fourth-order valence-corrected chi connectivity index (χ4v) is 1.80. The minimum Gasteiger partial charge on any atom is -0.482 e. The van der Waals surface area contributed by atoms with Crippen LogP contribution in [0.25, 0.3) is 0 Å². The maximum atomic E-state index is 11.0. The van der Waals surface area contributed by atoms with Gasteiger partial charge in [-0.05, 0) is 30.2 Å². The highest BCUT2D eigenvalue weighted by Crippen LogP contribution is 2.30. The van der Waals surface area contributed by atoms with E-state index in [0.29, 0.717) is 11.1 Å². The van der Waals surface area contributed by atoms with Crippen LogP contribution in [0.5, 0.6) is 5.75 Å². The van der Waals surface area contributed by atoms with Gasteiger partial charge in [-0.25, -0.2) is 0 Å². The Labute approximate surface area is 116 Å². The predicted octanol–water partition coefficient (Wildman–Crippen LogP) is 3.35. The van der Waals surface area contributed by atoms with Gasteiger partial charge in [-0.3, -0.25) is 10.1 Å². The van der Waals surface area contributed by atoms with Gasteiger partial charge in [-0.1, -0.05) is 24.3 Å². The zero-order chi connectivity index (χ0) is 14.5. The zero-order valence-corrected chi connectivity index (χ0v) is 10.9. The molecule has 5 heteroatoms. The van der Waals surface area contributed by atoms with Crippen molar-refractivity contribution >= 4 is 5.69 Å². The molecular formula is C15H12N2O3. The molecule has 100 valence electrons. The van der Waals surface area contributed by atoms with Gasteiger partial charge in [-0.15, -0.1) is 0 Å². The number of nitro groups is 1. The number of para-hydroxylation sites is 1. The number of hydrogen-bond donors (Lipinski definition) is 0. The summed E-state index contributed by atoms with van der Waals surface area (Å²) in [6, 6.07) is 13.7. The lowest BCUT2D eigenvalue weighted by Crippen LogP contribution is -2.00. The van der Waals surface area contributed by atoms with Crippen LogP contribution < -0.4 is 4.74 Å². The van der Waals surface area contributed by atoms with E-state index in [2.05, 4.69) is 0 Å². The molecule has 0 N–H and O–H groups in total. The fourth-order valence-electron chi connectivity index (χ4n) is 1.80. The average molecular weight is 268 g/mol. The third kappa shape index (κ3) is 2.93. The minimum absolute atomic E-state index is 0.0429. The summed E-state index contributed by atoms with van der Waals surface area (Å²) in [5, 5.41) is 19.7. The number of hydrogen-bond acceptors (Lipinski definition) is 4. The molecule has 0 bridgehead atoms. The van der Waals surface area contributed by atoms with Gasteiger partial charge in [0.2, 0.25) is 0 Å². The molecule has 0 aliphatic heterocycles. The van der Waals surface area contributed by atoms with Gasteiger partial charge in [0.25, 0.3) is 0 Å².